The number of hydrogen-bond donors (Lipinski definition) is 1. The summed E-state index contributed by atoms with van der Waals surface area (Å²) >= 11 is 5.77. The summed E-state index contributed by atoms with van der Waals surface area (Å²) < 4.78 is 29.4. The number of benzene rings is 2. The van der Waals surface area contributed by atoms with Crippen LogP contribution in [0.3, 0.4) is 0 Å². The topological polar surface area (TPSA) is 67.8 Å². The first-order chi connectivity index (χ1) is 10.5. The quantitative estimate of drug-likeness (QED) is 0.650. The molecule has 0 saturated heterocycles. The van der Waals surface area contributed by atoms with E-state index in [0.29, 0.717) is 17.4 Å². The molecule has 0 heterocycles. The summed E-state index contributed by atoms with van der Waals surface area (Å²) in [5.41, 5.74) is 0.735. The Kier molecular flexibility index (Phi) is 5.41. The highest BCUT2D eigenvalue weighted by Gasteiger charge is 2.12. The smallest absolute Gasteiger partial charge is 0.276 e. The second kappa shape index (κ2) is 7.29. The highest BCUT2D eigenvalue weighted by molar-refractivity contribution is 7.89. The molecule has 2 rings (SSSR count). The van der Waals surface area contributed by atoms with E-state index in [2.05, 4.69) is 9.93 Å². The SMILES string of the molecule is CCOc1ccc(S(=O)(=O)NN=Cc2ccc(Cl)cc2)cc1. The summed E-state index contributed by atoms with van der Waals surface area (Å²) in [6.45, 7) is 2.38. The van der Waals surface area contributed by atoms with E-state index in [1.807, 2.05) is 6.92 Å². The number of sulfonamides is 1. The summed E-state index contributed by atoms with van der Waals surface area (Å²) in [6, 6.07) is 13.0. The van der Waals surface area contributed by atoms with Crippen molar-refractivity contribution in [3.63, 3.8) is 0 Å². The number of nitrogens with one attached hydrogen (secondary N) is 1. The van der Waals surface area contributed by atoms with Gasteiger partial charge in [0, 0.05) is 5.02 Å². The van der Waals surface area contributed by atoms with Crippen LogP contribution in [0.1, 0.15) is 12.5 Å². The Morgan fingerprint density at radius 1 is 1.14 bits per heavy atom. The predicted octanol–water partition coefficient (Wildman–Crippen LogP) is 3.05. The molecule has 0 saturated carbocycles. The van der Waals surface area contributed by atoms with Gasteiger partial charge in [0.2, 0.25) is 0 Å². The number of ether oxygens (including phenoxy) is 1. The summed E-state index contributed by atoms with van der Waals surface area (Å²) in [5.74, 6) is 0.617. The molecule has 116 valence electrons. The first-order valence-corrected chi connectivity index (χ1v) is 8.40. The van der Waals surface area contributed by atoms with Crippen LogP contribution in [0.5, 0.6) is 5.75 Å². The van der Waals surface area contributed by atoms with Crippen LogP contribution < -0.4 is 9.57 Å². The van der Waals surface area contributed by atoms with E-state index in [-0.39, 0.29) is 4.90 Å². The predicted molar refractivity (Wildman–Crippen MR) is 87.0 cm³/mol. The third-order valence-electron chi connectivity index (χ3n) is 2.70. The molecule has 0 bridgehead atoms. The van der Waals surface area contributed by atoms with Crippen molar-refractivity contribution in [1.29, 1.82) is 0 Å². The van der Waals surface area contributed by atoms with Crippen LogP contribution in [0.2, 0.25) is 5.02 Å². The summed E-state index contributed by atoms with van der Waals surface area (Å²) in [6.07, 6.45) is 1.41. The molecule has 0 radical (unpaired) electrons. The van der Waals surface area contributed by atoms with Crippen LogP contribution in [-0.2, 0) is 10.0 Å². The second-order valence-corrected chi connectivity index (χ2v) is 6.41. The van der Waals surface area contributed by atoms with E-state index in [1.165, 1.54) is 18.3 Å². The number of hydrazone groups is 1. The van der Waals surface area contributed by atoms with Crippen molar-refractivity contribution in [2.45, 2.75) is 11.8 Å². The van der Waals surface area contributed by atoms with Crippen LogP contribution in [0.15, 0.2) is 58.5 Å². The Balaban J connectivity index is 2.05. The van der Waals surface area contributed by atoms with Crippen LogP contribution in [0.25, 0.3) is 0 Å². The van der Waals surface area contributed by atoms with Crippen LogP contribution in [-0.4, -0.2) is 21.2 Å². The molecule has 0 spiro atoms. The molecular weight excluding hydrogens is 324 g/mol. The first-order valence-electron chi connectivity index (χ1n) is 6.54. The van der Waals surface area contributed by atoms with E-state index < -0.39 is 10.0 Å². The van der Waals surface area contributed by atoms with E-state index in [9.17, 15) is 8.42 Å². The third kappa shape index (κ3) is 4.47. The Morgan fingerprint density at radius 3 is 2.36 bits per heavy atom. The zero-order valence-corrected chi connectivity index (χ0v) is 13.4. The van der Waals surface area contributed by atoms with Gasteiger partial charge in [-0.1, -0.05) is 23.7 Å². The molecule has 22 heavy (non-hydrogen) atoms. The number of hydrogen-bond acceptors (Lipinski definition) is 4. The molecule has 0 amide bonds. The Bertz CT molecular complexity index is 741. The molecule has 5 nitrogen and oxygen atoms in total. The molecule has 0 atom stereocenters. The fourth-order valence-electron chi connectivity index (χ4n) is 1.65. The lowest BCUT2D eigenvalue weighted by molar-refractivity contribution is 0.340. The molecule has 0 fully saturated rings. The Hall–Kier alpha value is -2.05. The van der Waals surface area contributed by atoms with Gasteiger partial charge in [0.25, 0.3) is 10.0 Å². The van der Waals surface area contributed by atoms with Gasteiger partial charge in [0.05, 0.1) is 17.7 Å². The molecule has 0 unspecified atom stereocenters. The second-order valence-electron chi connectivity index (χ2n) is 4.31. The van der Waals surface area contributed by atoms with Gasteiger partial charge in [0.1, 0.15) is 5.75 Å². The van der Waals surface area contributed by atoms with Crippen molar-refractivity contribution < 1.29 is 13.2 Å². The van der Waals surface area contributed by atoms with Gasteiger partial charge in [0.15, 0.2) is 0 Å². The van der Waals surface area contributed by atoms with Crippen LogP contribution in [0.4, 0.5) is 0 Å². The van der Waals surface area contributed by atoms with Crippen molar-refractivity contribution in [2.75, 3.05) is 6.61 Å². The lowest BCUT2D eigenvalue weighted by atomic mass is 10.2. The maximum Gasteiger partial charge on any atom is 0.276 e. The van der Waals surface area contributed by atoms with Gasteiger partial charge in [-0.3, -0.25) is 0 Å². The summed E-state index contributed by atoms with van der Waals surface area (Å²) in [4.78, 5) is 2.27. The van der Waals surface area contributed by atoms with Crippen molar-refractivity contribution >= 4 is 27.8 Å². The molecule has 2 aromatic rings. The molecule has 0 aliphatic carbocycles. The normalized spacial score (nSPS) is 11.5. The number of nitrogens with zero attached hydrogens (tertiary/aromatic N) is 1. The molecular formula is C15H15ClN2O3S. The zero-order chi connectivity index (χ0) is 16.0. The molecule has 7 heteroatoms. The van der Waals surface area contributed by atoms with E-state index in [4.69, 9.17) is 16.3 Å². The standard InChI is InChI=1S/C15H15ClN2O3S/c1-2-21-14-7-9-15(10-8-14)22(19,20)18-17-11-12-3-5-13(16)6-4-12/h3-11,18H,2H2,1H3. The van der Waals surface area contributed by atoms with E-state index >= 15 is 0 Å². The first kappa shape index (κ1) is 16.3. The maximum atomic E-state index is 12.1. The van der Waals surface area contributed by atoms with Crippen molar-refractivity contribution in [2.24, 2.45) is 5.10 Å². The highest BCUT2D eigenvalue weighted by Crippen LogP contribution is 2.15. The van der Waals surface area contributed by atoms with Gasteiger partial charge in [-0.05, 0) is 48.9 Å². The Morgan fingerprint density at radius 2 is 1.77 bits per heavy atom. The fraction of sp³-hybridized carbons (Fsp3) is 0.133. The van der Waals surface area contributed by atoms with Gasteiger partial charge < -0.3 is 4.74 Å². The Labute approximate surface area is 134 Å². The van der Waals surface area contributed by atoms with Crippen molar-refractivity contribution in [1.82, 2.24) is 4.83 Å². The van der Waals surface area contributed by atoms with Crippen molar-refractivity contribution in [3.8, 4) is 5.75 Å². The minimum Gasteiger partial charge on any atom is -0.494 e. The average Bonchev–Trinajstić information content (AvgIpc) is 2.50. The lowest BCUT2D eigenvalue weighted by Crippen LogP contribution is -2.18. The largest absolute Gasteiger partial charge is 0.494 e. The van der Waals surface area contributed by atoms with Gasteiger partial charge in [-0.15, -0.1) is 0 Å². The van der Waals surface area contributed by atoms with Gasteiger partial charge in [-0.25, -0.2) is 4.83 Å². The summed E-state index contributed by atoms with van der Waals surface area (Å²) in [7, 11) is -3.70. The molecule has 0 aliphatic rings. The minimum absolute atomic E-state index is 0.115. The van der Waals surface area contributed by atoms with Gasteiger partial charge >= 0.3 is 0 Å². The molecule has 2 aromatic carbocycles. The molecule has 0 aromatic heterocycles. The van der Waals surface area contributed by atoms with E-state index in [1.54, 1.807) is 36.4 Å². The summed E-state index contributed by atoms with van der Waals surface area (Å²) in [5, 5.41) is 4.34. The maximum absolute atomic E-state index is 12.1. The minimum atomic E-state index is -3.70. The lowest BCUT2D eigenvalue weighted by Gasteiger charge is -2.05. The zero-order valence-electron chi connectivity index (χ0n) is 11.9. The number of rotatable bonds is 6. The fourth-order valence-corrected chi connectivity index (χ4v) is 2.57. The van der Waals surface area contributed by atoms with Crippen LogP contribution >= 0.6 is 11.6 Å². The molecule has 0 aliphatic heterocycles. The average molecular weight is 339 g/mol. The number of halogens is 1. The monoisotopic (exact) mass is 338 g/mol. The third-order valence-corrected chi connectivity index (χ3v) is 4.19. The van der Waals surface area contributed by atoms with Crippen LogP contribution in [0, 0.1) is 0 Å². The van der Waals surface area contributed by atoms with E-state index in [0.717, 1.165) is 5.56 Å². The highest BCUT2D eigenvalue weighted by atomic mass is 35.5. The van der Waals surface area contributed by atoms with Gasteiger partial charge in [-0.2, -0.15) is 13.5 Å². The van der Waals surface area contributed by atoms with Crippen molar-refractivity contribution in [3.05, 3.63) is 59.1 Å². The molecule has 1 N–H and O–H groups in total.